The van der Waals surface area contributed by atoms with E-state index in [9.17, 15) is 13.2 Å². The molecule has 1 heterocycles. The van der Waals surface area contributed by atoms with Crippen LogP contribution in [0.25, 0.3) is 0 Å². The zero-order valence-corrected chi connectivity index (χ0v) is 12.5. The highest BCUT2D eigenvalue weighted by molar-refractivity contribution is 7.99. The molecule has 3 nitrogen and oxygen atoms in total. The van der Waals surface area contributed by atoms with Crippen LogP contribution < -0.4 is 5.32 Å². The first-order chi connectivity index (χ1) is 9.87. The van der Waals surface area contributed by atoms with Gasteiger partial charge in [-0.15, -0.1) is 11.8 Å². The predicted octanol–water partition coefficient (Wildman–Crippen LogP) is 4.29. The Labute approximate surface area is 125 Å². The summed E-state index contributed by atoms with van der Waals surface area (Å²) in [5.74, 6) is -0.893. The van der Waals surface area contributed by atoms with Crippen molar-refractivity contribution in [2.24, 2.45) is 0 Å². The number of alkyl halides is 3. The predicted molar refractivity (Wildman–Crippen MR) is 78.6 cm³/mol. The molecule has 2 rings (SSSR count). The summed E-state index contributed by atoms with van der Waals surface area (Å²) in [5, 5.41) is 10.2. The van der Waals surface area contributed by atoms with E-state index >= 15 is 0 Å². The average Bonchev–Trinajstić information content (AvgIpc) is 2.74. The maximum absolute atomic E-state index is 12.3. The van der Waals surface area contributed by atoms with E-state index in [1.165, 1.54) is 0 Å². The number of para-hydroxylation sites is 1. The summed E-state index contributed by atoms with van der Waals surface area (Å²) in [6.07, 6.45) is -4.17. The van der Waals surface area contributed by atoms with Gasteiger partial charge in [-0.25, -0.2) is 0 Å². The molecule has 0 radical (unpaired) electrons. The summed E-state index contributed by atoms with van der Waals surface area (Å²) >= 11 is 0.789. The number of halogens is 3. The van der Waals surface area contributed by atoms with Crippen molar-refractivity contribution in [1.82, 2.24) is 10.2 Å². The Morgan fingerprint density at radius 3 is 2.57 bits per heavy atom. The molecule has 114 valence electrons. The van der Waals surface area contributed by atoms with Gasteiger partial charge in [0.05, 0.1) is 11.4 Å². The Morgan fingerprint density at radius 2 is 1.95 bits per heavy atom. The van der Waals surface area contributed by atoms with Gasteiger partial charge in [0.25, 0.3) is 0 Å². The fourth-order valence-corrected chi connectivity index (χ4v) is 2.71. The van der Waals surface area contributed by atoms with Crippen LogP contribution >= 0.6 is 11.8 Å². The molecule has 0 saturated heterocycles. The second-order valence-electron chi connectivity index (χ2n) is 4.67. The number of hydrogen-bond acceptors (Lipinski definition) is 3. The first-order valence-corrected chi connectivity index (χ1v) is 7.38. The number of thioether (sulfide) groups is 1. The van der Waals surface area contributed by atoms with Crippen molar-refractivity contribution >= 4 is 17.4 Å². The first-order valence-electron chi connectivity index (χ1n) is 6.39. The summed E-state index contributed by atoms with van der Waals surface area (Å²) in [6.45, 7) is 4.34. The van der Waals surface area contributed by atoms with Crippen molar-refractivity contribution in [1.29, 1.82) is 0 Å². The smallest absolute Gasteiger partial charge is 0.380 e. The molecule has 1 aromatic heterocycles. The lowest BCUT2D eigenvalue weighted by Crippen LogP contribution is -2.11. The summed E-state index contributed by atoms with van der Waals surface area (Å²) in [6, 6.07) is 7.00. The summed E-state index contributed by atoms with van der Waals surface area (Å²) in [7, 11) is 0. The topological polar surface area (TPSA) is 40.7 Å². The van der Waals surface area contributed by atoms with Crippen LogP contribution in [-0.4, -0.2) is 22.1 Å². The second-order valence-corrected chi connectivity index (χ2v) is 5.68. The summed E-state index contributed by atoms with van der Waals surface area (Å²) in [5.41, 5.74) is 3.58. The summed E-state index contributed by atoms with van der Waals surface area (Å²) in [4.78, 5) is 0.591. The molecule has 0 unspecified atom stereocenters. The lowest BCUT2D eigenvalue weighted by atomic mass is 10.2. The number of aryl methyl sites for hydroxylation is 2. The van der Waals surface area contributed by atoms with Crippen molar-refractivity contribution < 1.29 is 13.2 Å². The minimum absolute atomic E-state index is 0.526. The molecule has 2 N–H and O–H groups in total. The lowest BCUT2D eigenvalue weighted by molar-refractivity contribution is -0.105. The van der Waals surface area contributed by atoms with E-state index in [-0.39, 0.29) is 0 Å². The number of aromatic amines is 1. The lowest BCUT2D eigenvalue weighted by Gasteiger charge is -2.13. The van der Waals surface area contributed by atoms with Crippen LogP contribution in [0, 0.1) is 13.8 Å². The second kappa shape index (κ2) is 6.43. The van der Waals surface area contributed by atoms with E-state index in [0.29, 0.717) is 17.1 Å². The van der Waals surface area contributed by atoms with E-state index in [2.05, 4.69) is 15.5 Å². The number of anilines is 1. The number of aromatic nitrogens is 2. The quantitative estimate of drug-likeness (QED) is 0.809. The Balaban J connectivity index is 2.06. The van der Waals surface area contributed by atoms with Crippen molar-refractivity contribution in [3.05, 3.63) is 41.2 Å². The maximum Gasteiger partial charge on any atom is 0.398 e. The van der Waals surface area contributed by atoms with Gasteiger partial charge in [0.1, 0.15) is 0 Å². The van der Waals surface area contributed by atoms with Gasteiger partial charge in [0.2, 0.25) is 0 Å². The molecule has 0 aliphatic rings. The van der Waals surface area contributed by atoms with Crippen LogP contribution in [0.3, 0.4) is 0 Å². The van der Waals surface area contributed by atoms with Gasteiger partial charge in [-0.3, -0.25) is 5.10 Å². The van der Waals surface area contributed by atoms with Crippen molar-refractivity contribution in [3.63, 3.8) is 0 Å². The van der Waals surface area contributed by atoms with Gasteiger partial charge in [0, 0.05) is 28.4 Å². The van der Waals surface area contributed by atoms with Crippen LogP contribution in [0.15, 0.2) is 29.2 Å². The van der Waals surface area contributed by atoms with Gasteiger partial charge >= 0.3 is 6.18 Å². The van der Waals surface area contributed by atoms with Crippen LogP contribution in [0.4, 0.5) is 18.9 Å². The summed E-state index contributed by atoms with van der Waals surface area (Å²) < 4.78 is 37.0. The molecule has 1 aromatic carbocycles. The zero-order chi connectivity index (χ0) is 15.5. The number of benzene rings is 1. The standard InChI is InChI=1S/C14H16F3N3S/c1-9-11(10(2)20-19-9)7-18-12-5-3-4-6-13(12)21-8-14(15,16)17/h3-6,18H,7-8H2,1-2H3,(H,19,20). The van der Waals surface area contributed by atoms with E-state index in [1.54, 1.807) is 24.3 Å². The Bertz CT molecular complexity index is 588. The number of hydrogen-bond donors (Lipinski definition) is 2. The van der Waals surface area contributed by atoms with E-state index in [4.69, 9.17) is 0 Å². The van der Waals surface area contributed by atoms with Gasteiger partial charge in [0.15, 0.2) is 0 Å². The van der Waals surface area contributed by atoms with E-state index in [1.807, 2.05) is 13.8 Å². The van der Waals surface area contributed by atoms with Crippen molar-refractivity contribution in [2.45, 2.75) is 31.5 Å². The highest BCUT2D eigenvalue weighted by Gasteiger charge is 2.27. The molecular formula is C14H16F3N3S. The molecule has 0 spiro atoms. The molecule has 0 fully saturated rings. The van der Waals surface area contributed by atoms with Gasteiger partial charge in [-0.1, -0.05) is 12.1 Å². The van der Waals surface area contributed by atoms with Crippen molar-refractivity contribution in [3.8, 4) is 0 Å². The maximum atomic E-state index is 12.3. The highest BCUT2D eigenvalue weighted by Crippen LogP contribution is 2.32. The fraction of sp³-hybridized carbons (Fsp3) is 0.357. The highest BCUT2D eigenvalue weighted by atomic mass is 32.2. The fourth-order valence-electron chi connectivity index (χ4n) is 1.92. The van der Waals surface area contributed by atoms with E-state index in [0.717, 1.165) is 28.7 Å². The van der Waals surface area contributed by atoms with Crippen LogP contribution in [0.2, 0.25) is 0 Å². The Hall–Kier alpha value is -1.63. The monoisotopic (exact) mass is 315 g/mol. The van der Waals surface area contributed by atoms with Gasteiger partial charge in [-0.2, -0.15) is 18.3 Å². The third-order valence-electron chi connectivity index (χ3n) is 3.01. The molecule has 0 saturated carbocycles. The minimum Gasteiger partial charge on any atom is -0.380 e. The minimum atomic E-state index is -4.17. The molecule has 2 aromatic rings. The van der Waals surface area contributed by atoms with Crippen molar-refractivity contribution in [2.75, 3.05) is 11.1 Å². The molecule has 7 heteroatoms. The number of nitrogens with zero attached hydrogens (tertiary/aromatic N) is 1. The number of nitrogens with one attached hydrogen (secondary N) is 2. The molecule has 0 bridgehead atoms. The zero-order valence-electron chi connectivity index (χ0n) is 11.7. The molecule has 0 amide bonds. The van der Waals surface area contributed by atoms with Crippen LogP contribution in [0.5, 0.6) is 0 Å². The third kappa shape index (κ3) is 4.42. The number of rotatable bonds is 5. The molecule has 0 aliphatic carbocycles. The SMILES string of the molecule is Cc1n[nH]c(C)c1CNc1ccccc1SCC(F)(F)F. The largest absolute Gasteiger partial charge is 0.398 e. The van der Waals surface area contributed by atoms with Crippen LogP contribution in [-0.2, 0) is 6.54 Å². The Morgan fingerprint density at radius 1 is 1.24 bits per heavy atom. The van der Waals surface area contributed by atoms with Crippen LogP contribution in [0.1, 0.15) is 17.0 Å². The molecular weight excluding hydrogens is 299 g/mol. The van der Waals surface area contributed by atoms with E-state index < -0.39 is 11.9 Å². The normalized spacial score (nSPS) is 11.7. The molecule has 0 atom stereocenters. The first kappa shape index (κ1) is 15.8. The third-order valence-corrected chi connectivity index (χ3v) is 4.15. The van der Waals surface area contributed by atoms with Gasteiger partial charge < -0.3 is 5.32 Å². The average molecular weight is 315 g/mol. The Kier molecular flexibility index (Phi) is 4.82. The molecule has 0 aliphatic heterocycles. The molecule has 21 heavy (non-hydrogen) atoms. The number of H-pyrrole nitrogens is 1. The van der Waals surface area contributed by atoms with Gasteiger partial charge in [-0.05, 0) is 26.0 Å².